The Balaban J connectivity index is 0.000000219. The van der Waals surface area contributed by atoms with Gasteiger partial charge in [-0.15, -0.1) is 0 Å². The average molecular weight is 285 g/mol. The third-order valence-electron chi connectivity index (χ3n) is 3.04. The minimum absolute atomic E-state index is 0.184. The Bertz CT molecular complexity index is 636. The first-order valence-corrected chi connectivity index (χ1v) is 6.92. The fraction of sp³-hybridized carbons (Fsp3) is 0.353. The largest absolute Gasteiger partial charge is 0.397 e. The van der Waals surface area contributed by atoms with E-state index in [1.165, 1.54) is 0 Å². The molecule has 0 saturated carbocycles. The lowest BCUT2D eigenvalue weighted by molar-refractivity contribution is -0.116. The van der Waals surface area contributed by atoms with Crippen molar-refractivity contribution in [3.8, 4) is 0 Å². The highest BCUT2D eigenvalue weighted by molar-refractivity contribution is 5.78. The van der Waals surface area contributed by atoms with Crippen LogP contribution in [0, 0.1) is 27.7 Å². The third-order valence-corrected chi connectivity index (χ3v) is 3.04. The molecule has 0 spiro atoms. The van der Waals surface area contributed by atoms with Gasteiger partial charge in [-0.05, 0) is 58.4 Å². The molecule has 0 atom stereocenters. The van der Waals surface area contributed by atoms with E-state index in [1.807, 2.05) is 52.0 Å². The first kappa shape index (κ1) is 16.8. The molecule has 0 unspecified atom stereocenters. The minimum Gasteiger partial charge on any atom is -0.397 e. The maximum absolute atomic E-state index is 10.8. The van der Waals surface area contributed by atoms with E-state index in [-0.39, 0.29) is 5.78 Å². The summed E-state index contributed by atoms with van der Waals surface area (Å²) in [6.45, 7) is 9.34. The zero-order valence-corrected chi connectivity index (χ0v) is 13.4. The SMILES string of the molecule is CC(=O)Cc1ccc(C)nc1C.Cc1ccc(N)c(C)n1. The van der Waals surface area contributed by atoms with Crippen molar-refractivity contribution in [3.63, 3.8) is 0 Å². The summed E-state index contributed by atoms with van der Waals surface area (Å²) < 4.78 is 0. The van der Waals surface area contributed by atoms with E-state index in [4.69, 9.17) is 5.73 Å². The summed E-state index contributed by atoms with van der Waals surface area (Å²) in [6, 6.07) is 7.68. The standard InChI is InChI=1S/C10H13NO.C7H10N2/c1-7-4-5-10(6-8(2)12)9(3)11-7;1-5-3-4-7(8)6(2)9-5/h4-5H,6H2,1-3H3;3-4H,8H2,1-2H3. The van der Waals surface area contributed by atoms with Crippen LogP contribution in [-0.4, -0.2) is 15.8 Å². The number of anilines is 1. The number of hydrogen-bond acceptors (Lipinski definition) is 4. The normalized spacial score (nSPS) is 9.76. The number of nitrogens with two attached hydrogens (primary N) is 1. The van der Waals surface area contributed by atoms with Crippen LogP contribution in [0.4, 0.5) is 5.69 Å². The van der Waals surface area contributed by atoms with Gasteiger partial charge in [-0.1, -0.05) is 6.07 Å². The maximum atomic E-state index is 10.8. The molecule has 2 aromatic heterocycles. The minimum atomic E-state index is 0.184. The Morgan fingerprint density at radius 1 is 0.952 bits per heavy atom. The van der Waals surface area contributed by atoms with Crippen molar-refractivity contribution in [2.75, 3.05) is 5.73 Å². The summed E-state index contributed by atoms with van der Waals surface area (Å²) in [5, 5.41) is 0. The van der Waals surface area contributed by atoms with Crippen LogP contribution < -0.4 is 5.73 Å². The van der Waals surface area contributed by atoms with E-state index in [0.717, 1.165) is 34.0 Å². The van der Waals surface area contributed by atoms with Gasteiger partial charge in [0.05, 0.1) is 11.4 Å². The first-order valence-electron chi connectivity index (χ1n) is 6.92. The van der Waals surface area contributed by atoms with E-state index in [9.17, 15) is 4.79 Å². The van der Waals surface area contributed by atoms with Crippen molar-refractivity contribution in [1.29, 1.82) is 0 Å². The van der Waals surface area contributed by atoms with Crippen LogP contribution in [-0.2, 0) is 11.2 Å². The van der Waals surface area contributed by atoms with Crippen molar-refractivity contribution in [3.05, 3.63) is 52.6 Å². The Labute approximate surface area is 126 Å². The lowest BCUT2D eigenvalue weighted by Gasteiger charge is -2.02. The van der Waals surface area contributed by atoms with E-state index < -0.39 is 0 Å². The molecule has 0 aromatic carbocycles. The Hall–Kier alpha value is -2.23. The average Bonchev–Trinajstić information content (AvgIpc) is 2.38. The van der Waals surface area contributed by atoms with Gasteiger partial charge in [0.15, 0.2) is 0 Å². The molecule has 2 heterocycles. The molecule has 0 bridgehead atoms. The molecule has 0 aliphatic carbocycles. The van der Waals surface area contributed by atoms with E-state index in [1.54, 1.807) is 6.92 Å². The number of hydrogen-bond donors (Lipinski definition) is 1. The second-order valence-electron chi connectivity index (χ2n) is 5.20. The fourth-order valence-electron chi connectivity index (χ4n) is 1.87. The molecule has 0 amide bonds. The number of pyridine rings is 2. The number of nitrogen functional groups attached to an aromatic ring is 1. The second-order valence-corrected chi connectivity index (χ2v) is 5.20. The summed E-state index contributed by atoms with van der Waals surface area (Å²) in [6.07, 6.45) is 0.499. The number of carbonyl (C=O) groups is 1. The second kappa shape index (κ2) is 7.53. The van der Waals surface area contributed by atoms with Crippen molar-refractivity contribution in [2.24, 2.45) is 0 Å². The summed E-state index contributed by atoms with van der Waals surface area (Å²) in [7, 11) is 0. The number of ketones is 1. The van der Waals surface area contributed by atoms with Crippen LogP contribution in [0.25, 0.3) is 0 Å². The van der Waals surface area contributed by atoms with E-state index in [2.05, 4.69) is 9.97 Å². The third kappa shape index (κ3) is 5.73. The predicted molar refractivity (Wildman–Crippen MR) is 86.2 cm³/mol. The summed E-state index contributed by atoms with van der Waals surface area (Å²) in [4.78, 5) is 19.2. The van der Waals surface area contributed by atoms with Gasteiger partial charge in [0.25, 0.3) is 0 Å². The predicted octanol–water partition coefficient (Wildman–Crippen LogP) is 3.11. The molecule has 21 heavy (non-hydrogen) atoms. The molecule has 4 nitrogen and oxygen atoms in total. The molecule has 0 aliphatic heterocycles. The Kier molecular flexibility index (Phi) is 6.03. The van der Waals surface area contributed by atoms with Gasteiger partial charge >= 0.3 is 0 Å². The number of aromatic nitrogens is 2. The number of carbonyl (C=O) groups excluding carboxylic acids is 1. The smallest absolute Gasteiger partial charge is 0.134 e. The fourth-order valence-corrected chi connectivity index (χ4v) is 1.87. The summed E-state index contributed by atoms with van der Waals surface area (Å²) >= 11 is 0. The number of nitrogens with zero attached hydrogens (tertiary/aromatic N) is 2. The van der Waals surface area contributed by atoms with E-state index in [0.29, 0.717) is 6.42 Å². The van der Waals surface area contributed by atoms with Crippen molar-refractivity contribution >= 4 is 11.5 Å². The van der Waals surface area contributed by atoms with Crippen LogP contribution >= 0.6 is 0 Å². The van der Waals surface area contributed by atoms with Gasteiger partial charge in [-0.2, -0.15) is 0 Å². The highest BCUT2D eigenvalue weighted by Crippen LogP contribution is 2.07. The van der Waals surface area contributed by atoms with Crippen LogP contribution in [0.2, 0.25) is 0 Å². The number of rotatable bonds is 2. The van der Waals surface area contributed by atoms with Gasteiger partial charge in [-0.3, -0.25) is 14.8 Å². The lowest BCUT2D eigenvalue weighted by atomic mass is 10.1. The van der Waals surface area contributed by atoms with Crippen LogP contribution in [0.3, 0.4) is 0 Å². The van der Waals surface area contributed by atoms with Crippen molar-refractivity contribution in [1.82, 2.24) is 9.97 Å². The first-order chi connectivity index (χ1) is 9.79. The molecule has 112 valence electrons. The molecule has 4 heteroatoms. The zero-order valence-electron chi connectivity index (χ0n) is 13.4. The molecule has 2 rings (SSSR count). The molecule has 2 N–H and O–H groups in total. The summed E-state index contributed by atoms with van der Waals surface area (Å²) in [5.41, 5.74) is 11.2. The zero-order chi connectivity index (χ0) is 16.0. The molecule has 0 fully saturated rings. The Morgan fingerprint density at radius 2 is 1.48 bits per heavy atom. The number of aryl methyl sites for hydroxylation is 4. The quantitative estimate of drug-likeness (QED) is 0.920. The van der Waals surface area contributed by atoms with Crippen LogP contribution in [0.1, 0.15) is 35.3 Å². The molecule has 2 aromatic rings. The highest BCUT2D eigenvalue weighted by Gasteiger charge is 2.01. The van der Waals surface area contributed by atoms with Crippen molar-refractivity contribution < 1.29 is 4.79 Å². The van der Waals surface area contributed by atoms with Gasteiger partial charge in [-0.25, -0.2) is 0 Å². The maximum Gasteiger partial charge on any atom is 0.134 e. The van der Waals surface area contributed by atoms with Gasteiger partial charge in [0.2, 0.25) is 0 Å². The monoisotopic (exact) mass is 285 g/mol. The van der Waals surface area contributed by atoms with E-state index >= 15 is 0 Å². The van der Waals surface area contributed by atoms with Gasteiger partial charge in [0, 0.05) is 23.5 Å². The molecule has 0 aliphatic rings. The summed E-state index contributed by atoms with van der Waals surface area (Å²) in [5.74, 6) is 0.184. The van der Waals surface area contributed by atoms with Crippen LogP contribution in [0.5, 0.6) is 0 Å². The Morgan fingerprint density at radius 3 is 1.90 bits per heavy atom. The van der Waals surface area contributed by atoms with Crippen LogP contribution in [0.15, 0.2) is 24.3 Å². The molecule has 0 saturated heterocycles. The molecular weight excluding hydrogens is 262 g/mol. The lowest BCUT2D eigenvalue weighted by Crippen LogP contribution is -2.00. The highest BCUT2D eigenvalue weighted by atomic mass is 16.1. The van der Waals surface area contributed by atoms with Crippen molar-refractivity contribution in [2.45, 2.75) is 41.0 Å². The molecular formula is C17H23N3O. The van der Waals surface area contributed by atoms with Gasteiger partial charge < -0.3 is 5.73 Å². The van der Waals surface area contributed by atoms with Gasteiger partial charge in [0.1, 0.15) is 5.78 Å². The topological polar surface area (TPSA) is 68.9 Å². The molecule has 0 radical (unpaired) electrons. The number of Topliss-reactive ketones (excluding diaryl/α,β-unsaturated/α-hetero) is 1.